The monoisotopic (exact) mass is 1090 g/mol. The highest BCUT2D eigenvalue weighted by molar-refractivity contribution is 7.98. The van der Waals surface area contributed by atoms with Crippen LogP contribution in [0.2, 0.25) is 0 Å². The Bertz CT molecular complexity index is 2360. The second-order valence-electron chi connectivity index (χ2n) is 19.4. The maximum atomic E-state index is 14.4. The molecule has 15 N–H and O–H groups in total. The number of aliphatic carboxylic acids is 2. The Morgan fingerprint density at radius 1 is 0.675 bits per heavy atom. The van der Waals surface area contributed by atoms with Crippen LogP contribution in [0.1, 0.15) is 90.7 Å². The van der Waals surface area contributed by atoms with Gasteiger partial charge in [0.25, 0.3) is 0 Å². The first-order valence-corrected chi connectivity index (χ1v) is 27.1. The van der Waals surface area contributed by atoms with Crippen LogP contribution in [0.15, 0.2) is 65.7 Å². The minimum Gasteiger partial charge on any atom is -0.481 e. The van der Waals surface area contributed by atoms with Gasteiger partial charge < -0.3 is 69.5 Å². The molecule has 424 valence electrons. The zero-order chi connectivity index (χ0) is 57.4. The Hall–Kier alpha value is -7.28. The van der Waals surface area contributed by atoms with Crippen molar-refractivity contribution in [3.63, 3.8) is 0 Å². The zero-order valence-corrected chi connectivity index (χ0v) is 45.4. The summed E-state index contributed by atoms with van der Waals surface area (Å²) >= 11 is 1.40. The standard InChI is InChI=1S/C52H78N12O12S/c1-7-30(4)41(53)48(72)57-31(5)43(67)58-34(22-25-77-6)44(68)63-42(29(2)3)49(73)62-38(28-40(65)66)50(74)64-24-15-21-39(64)47(71)61-37(27-33-18-12-9-13-19-33)46(70)60-36(26-32-16-10-8-11-17-32)45(69)59-35(51(75)76)20-14-23-56-52(54)55/h8-13,16-19,29-31,34-39,41-42H,7,14-15,20-28,53H2,1-6H3,(H,57,72)(H,58,67)(H,59,69)(H,60,70)(H,61,71)(H,62,73)(H,63,68)(H,65,66)(H,75,76)(H4,54,55,56)/t30-,31-,34-,35-,36-,37-,38-,39-,41-,42-/m0/s1. The van der Waals surface area contributed by atoms with Crippen molar-refractivity contribution in [3.8, 4) is 0 Å². The van der Waals surface area contributed by atoms with Gasteiger partial charge in [-0.15, -0.1) is 0 Å². The second kappa shape index (κ2) is 32.3. The summed E-state index contributed by atoms with van der Waals surface area (Å²) in [6, 6.07) is 5.74. The molecule has 0 spiro atoms. The van der Waals surface area contributed by atoms with Gasteiger partial charge in [-0.05, 0) is 74.0 Å². The van der Waals surface area contributed by atoms with E-state index in [1.54, 1.807) is 87.7 Å². The normalized spacial score (nSPS) is 16.6. The van der Waals surface area contributed by atoms with Crippen LogP contribution in [0.4, 0.5) is 0 Å². The number of amides is 8. The number of carboxylic acids is 2. The van der Waals surface area contributed by atoms with Gasteiger partial charge in [-0.1, -0.05) is 94.8 Å². The van der Waals surface area contributed by atoms with Crippen LogP contribution in [-0.2, 0) is 60.8 Å². The van der Waals surface area contributed by atoms with Gasteiger partial charge in [-0.25, -0.2) is 4.79 Å². The van der Waals surface area contributed by atoms with Crippen LogP contribution in [0.3, 0.4) is 0 Å². The summed E-state index contributed by atoms with van der Waals surface area (Å²) in [5, 5.41) is 38.2. The maximum Gasteiger partial charge on any atom is 0.326 e. The predicted octanol–water partition coefficient (Wildman–Crippen LogP) is -0.728. The zero-order valence-electron chi connectivity index (χ0n) is 44.6. The van der Waals surface area contributed by atoms with Crippen LogP contribution in [0.25, 0.3) is 0 Å². The van der Waals surface area contributed by atoms with Gasteiger partial charge in [0.15, 0.2) is 5.96 Å². The molecule has 3 rings (SSSR count). The molecule has 77 heavy (non-hydrogen) atoms. The molecule has 0 saturated carbocycles. The Kier molecular flexibility index (Phi) is 26.9. The van der Waals surface area contributed by atoms with Crippen LogP contribution < -0.4 is 54.4 Å². The minimum absolute atomic E-state index is 0.0297. The minimum atomic E-state index is -1.73. The summed E-state index contributed by atoms with van der Waals surface area (Å²) in [5.41, 5.74) is 18.0. The molecular formula is C52H78N12O12S. The Morgan fingerprint density at radius 3 is 1.73 bits per heavy atom. The number of benzene rings is 2. The quantitative estimate of drug-likeness (QED) is 0.0244. The van der Waals surface area contributed by atoms with Crippen molar-refractivity contribution in [2.24, 2.45) is 34.0 Å². The molecule has 0 radical (unpaired) electrons. The Morgan fingerprint density at radius 2 is 1.21 bits per heavy atom. The number of thioether (sulfide) groups is 1. The third-order valence-corrected chi connectivity index (χ3v) is 13.7. The SMILES string of the molecule is CC[C@H](C)[C@H](N)C(=O)N[C@@H](C)C(=O)N[C@@H](CCSC)C(=O)N[C@H](C(=O)N[C@@H](CC(=O)O)C(=O)N1CCC[C@H]1C(=O)N[C@@H](Cc1ccccc1)C(=O)N[C@@H](Cc1ccccc1)C(=O)N[C@@H](CCCN=C(N)N)C(=O)O)C(C)C. The van der Waals surface area contributed by atoms with E-state index in [2.05, 4.69) is 42.2 Å². The van der Waals surface area contributed by atoms with Crippen molar-refractivity contribution in [3.05, 3.63) is 71.8 Å². The van der Waals surface area contributed by atoms with Gasteiger partial charge in [0.2, 0.25) is 47.3 Å². The Labute approximate surface area is 453 Å². The molecule has 8 amide bonds. The van der Waals surface area contributed by atoms with E-state index in [9.17, 15) is 58.2 Å². The lowest BCUT2D eigenvalue weighted by Crippen LogP contribution is -2.61. The van der Waals surface area contributed by atoms with Gasteiger partial charge >= 0.3 is 11.9 Å². The maximum absolute atomic E-state index is 14.4. The first-order valence-electron chi connectivity index (χ1n) is 25.7. The highest BCUT2D eigenvalue weighted by Crippen LogP contribution is 2.21. The molecule has 2 aromatic carbocycles. The molecule has 0 bridgehead atoms. The number of nitrogens with one attached hydrogen (secondary N) is 7. The lowest BCUT2D eigenvalue weighted by atomic mass is 9.99. The van der Waals surface area contributed by atoms with Crippen LogP contribution in [0, 0.1) is 11.8 Å². The van der Waals surface area contributed by atoms with Gasteiger partial charge in [0, 0.05) is 25.9 Å². The number of hydrogen-bond donors (Lipinski definition) is 12. The molecule has 1 saturated heterocycles. The van der Waals surface area contributed by atoms with Crippen molar-refractivity contribution in [1.29, 1.82) is 0 Å². The molecule has 1 aliphatic rings. The van der Waals surface area contributed by atoms with E-state index in [-0.39, 0.29) is 69.9 Å². The summed E-state index contributed by atoms with van der Waals surface area (Å²) < 4.78 is 0. The van der Waals surface area contributed by atoms with Crippen molar-refractivity contribution >= 4 is 76.9 Å². The average Bonchev–Trinajstić information content (AvgIpc) is 3.89. The summed E-state index contributed by atoms with van der Waals surface area (Å²) in [6.45, 7) is 8.41. The second-order valence-corrected chi connectivity index (χ2v) is 20.4. The number of likely N-dealkylation sites (tertiary alicyclic amines) is 1. The first-order chi connectivity index (χ1) is 36.5. The summed E-state index contributed by atoms with van der Waals surface area (Å²) in [4.78, 5) is 140. The molecule has 0 aromatic heterocycles. The molecule has 25 heteroatoms. The van der Waals surface area contributed by atoms with Crippen molar-refractivity contribution < 1.29 is 58.2 Å². The number of carboxylic acid groups (broad SMARTS) is 2. The van der Waals surface area contributed by atoms with E-state index in [0.29, 0.717) is 23.3 Å². The highest BCUT2D eigenvalue weighted by atomic mass is 32.2. The third kappa shape index (κ3) is 21.3. The molecule has 0 aliphatic carbocycles. The average molecular weight is 1100 g/mol. The number of hydrogen-bond acceptors (Lipinski definition) is 13. The van der Waals surface area contributed by atoms with Gasteiger partial charge in [0.1, 0.15) is 48.3 Å². The van der Waals surface area contributed by atoms with Crippen molar-refractivity contribution in [2.45, 2.75) is 147 Å². The van der Waals surface area contributed by atoms with Crippen LogP contribution in [-0.4, -0.2) is 160 Å². The fourth-order valence-corrected chi connectivity index (χ4v) is 8.78. The summed E-state index contributed by atoms with van der Waals surface area (Å²) in [7, 11) is 0. The van der Waals surface area contributed by atoms with E-state index in [0.717, 1.165) is 4.90 Å². The molecule has 24 nitrogen and oxygen atoms in total. The van der Waals surface area contributed by atoms with Crippen molar-refractivity contribution in [2.75, 3.05) is 25.1 Å². The lowest BCUT2D eigenvalue weighted by molar-refractivity contribution is -0.146. The van der Waals surface area contributed by atoms with Gasteiger partial charge in [-0.3, -0.25) is 48.1 Å². The van der Waals surface area contributed by atoms with E-state index < -0.39 is 126 Å². The fraction of sp³-hybridized carbons (Fsp3) is 0.558. The molecular weight excluding hydrogens is 1020 g/mol. The summed E-state index contributed by atoms with van der Waals surface area (Å²) in [6.07, 6.45) is 2.02. The van der Waals surface area contributed by atoms with Gasteiger partial charge in [-0.2, -0.15) is 11.8 Å². The number of nitrogens with two attached hydrogens (primary N) is 3. The molecule has 1 aliphatic heterocycles. The van der Waals surface area contributed by atoms with E-state index in [1.807, 2.05) is 6.92 Å². The number of aliphatic imine (C=N–C) groups is 1. The number of rotatable bonds is 32. The molecule has 1 heterocycles. The van der Waals surface area contributed by atoms with E-state index in [1.165, 1.54) is 18.7 Å². The number of nitrogens with zero attached hydrogens (tertiary/aromatic N) is 2. The van der Waals surface area contributed by atoms with Crippen LogP contribution >= 0.6 is 11.8 Å². The lowest BCUT2D eigenvalue weighted by Gasteiger charge is -2.31. The number of carbonyl (C=O) groups is 10. The molecule has 10 atom stereocenters. The van der Waals surface area contributed by atoms with Crippen LogP contribution in [0.5, 0.6) is 0 Å². The molecule has 1 fully saturated rings. The van der Waals surface area contributed by atoms with Gasteiger partial charge in [0.05, 0.1) is 12.5 Å². The highest BCUT2D eigenvalue weighted by Gasteiger charge is 2.41. The third-order valence-electron chi connectivity index (χ3n) is 13.0. The van der Waals surface area contributed by atoms with Crippen molar-refractivity contribution in [1.82, 2.24) is 42.1 Å². The number of carbonyl (C=O) groups excluding carboxylic acids is 8. The first kappa shape index (κ1) is 64.0. The fourth-order valence-electron chi connectivity index (χ4n) is 8.31. The van der Waals surface area contributed by atoms with E-state index in [4.69, 9.17) is 17.2 Å². The molecule has 2 aromatic rings. The van der Waals surface area contributed by atoms with E-state index >= 15 is 0 Å². The largest absolute Gasteiger partial charge is 0.481 e. The predicted molar refractivity (Wildman–Crippen MR) is 289 cm³/mol. The molecule has 0 unspecified atom stereocenters. The number of guanidine groups is 1. The summed E-state index contributed by atoms with van der Waals surface area (Å²) in [5.74, 6) is -9.59. The Balaban J connectivity index is 1.86. The smallest absolute Gasteiger partial charge is 0.326 e. The topological polar surface area (TPSA) is 389 Å².